The summed E-state index contributed by atoms with van der Waals surface area (Å²) in [6.07, 6.45) is 9.84. The molecule has 1 aliphatic carbocycles. The smallest absolute Gasteiger partial charge is 0.351 e. The van der Waals surface area contributed by atoms with E-state index in [2.05, 4.69) is 76.2 Å². The largest absolute Gasteiger partial charge is 0.489 e. The summed E-state index contributed by atoms with van der Waals surface area (Å²) in [5, 5.41) is 10.5. The van der Waals surface area contributed by atoms with Crippen LogP contribution in [0.5, 0.6) is 5.75 Å². The topological polar surface area (TPSA) is 134 Å². The van der Waals surface area contributed by atoms with Gasteiger partial charge in [-0.05, 0) is 73.7 Å². The van der Waals surface area contributed by atoms with Gasteiger partial charge in [0.1, 0.15) is 17.9 Å². The van der Waals surface area contributed by atoms with E-state index in [1.54, 1.807) is 18.3 Å². The fraction of sp³-hybridized carbons (Fsp3) is 0.477. The van der Waals surface area contributed by atoms with Crippen molar-refractivity contribution in [3.63, 3.8) is 0 Å². The SMILES string of the molecule is C#Cc1ccc(OC2C(C)(C)C(NC(=O)c3ccc(N4CCC(CN5CCN(c6ccc7nn(C8CCC(=O)NC8=O)c(=O)n7c6)CC5)CC4)cc3)C2(C)C)cc1Cl. The first-order chi connectivity index (χ1) is 27.7. The highest BCUT2D eigenvalue weighted by molar-refractivity contribution is 6.31. The number of pyridine rings is 1. The third-order valence-electron chi connectivity index (χ3n) is 12.9. The zero-order valence-electron chi connectivity index (χ0n) is 33.5. The molecule has 3 aliphatic heterocycles. The second kappa shape index (κ2) is 15.5. The van der Waals surface area contributed by atoms with Gasteiger partial charge < -0.3 is 19.9 Å². The highest BCUT2D eigenvalue weighted by atomic mass is 35.5. The number of terminal acetylenes is 1. The number of carbonyl (C=O) groups is 3. The molecule has 2 N–H and O–H groups in total. The number of hydrogen-bond donors (Lipinski definition) is 2. The van der Waals surface area contributed by atoms with E-state index in [9.17, 15) is 19.2 Å². The van der Waals surface area contributed by atoms with Gasteiger partial charge >= 0.3 is 5.69 Å². The fourth-order valence-corrected chi connectivity index (χ4v) is 10.1. The van der Waals surface area contributed by atoms with E-state index < -0.39 is 11.9 Å². The monoisotopic (exact) mass is 806 g/mol. The Kier molecular flexibility index (Phi) is 10.5. The van der Waals surface area contributed by atoms with Crippen LogP contribution in [-0.4, -0.2) is 94.8 Å². The third kappa shape index (κ3) is 7.44. The number of benzene rings is 2. The Balaban J connectivity index is 0.796. The molecule has 4 fully saturated rings. The van der Waals surface area contributed by atoms with Crippen molar-refractivity contribution in [2.45, 2.75) is 71.6 Å². The van der Waals surface area contributed by atoms with Gasteiger partial charge in [0.25, 0.3) is 11.8 Å². The standard InChI is InChI=1S/C44H51ClN8O5/c1-6-29-9-13-33(25-34(29)45)58-41-43(2,3)40(44(41,4)5)47-38(55)30-7-10-31(11-8-30)50-19-17-28(18-20-50)26-49-21-23-51(24-22-49)32-12-15-36-48-53(42(57)52(36)27-32)35-14-16-37(54)46-39(35)56/h1,7-13,15,25,27-28,35,40-41H,14,16-24,26H2,2-5H3,(H,47,55)(H,46,54,56). The Morgan fingerprint density at radius 3 is 2.24 bits per heavy atom. The molecule has 2 aromatic heterocycles. The molecule has 2 aromatic carbocycles. The summed E-state index contributed by atoms with van der Waals surface area (Å²) in [5.74, 6) is 2.94. The Morgan fingerprint density at radius 2 is 1.59 bits per heavy atom. The highest BCUT2D eigenvalue weighted by Crippen LogP contribution is 2.55. The number of carbonyl (C=O) groups excluding carboxylic acids is 3. The van der Waals surface area contributed by atoms with Crippen LogP contribution in [0.2, 0.25) is 5.02 Å². The maximum atomic E-state index is 13.5. The van der Waals surface area contributed by atoms with E-state index in [0.717, 1.165) is 70.0 Å². The number of hydrogen-bond acceptors (Lipinski definition) is 9. The molecule has 304 valence electrons. The van der Waals surface area contributed by atoms with Crippen LogP contribution in [0.25, 0.3) is 5.65 Å². The van der Waals surface area contributed by atoms with Gasteiger partial charge in [-0.15, -0.1) is 11.5 Å². The number of anilines is 2. The highest BCUT2D eigenvalue weighted by Gasteiger charge is 2.64. The van der Waals surface area contributed by atoms with Crippen molar-refractivity contribution in [2.75, 3.05) is 55.6 Å². The molecule has 13 nitrogen and oxygen atoms in total. The molecule has 1 atom stereocenters. The summed E-state index contributed by atoms with van der Waals surface area (Å²) < 4.78 is 9.11. The summed E-state index contributed by atoms with van der Waals surface area (Å²) in [6.45, 7) is 15.1. The number of piperazine rings is 1. The van der Waals surface area contributed by atoms with Gasteiger partial charge in [-0.1, -0.05) is 45.2 Å². The fourth-order valence-electron chi connectivity index (χ4n) is 9.87. The number of nitrogens with zero attached hydrogens (tertiary/aromatic N) is 6. The third-order valence-corrected chi connectivity index (χ3v) is 13.2. The second-order valence-electron chi connectivity index (χ2n) is 17.4. The maximum Gasteiger partial charge on any atom is 0.351 e. The first-order valence-electron chi connectivity index (χ1n) is 20.2. The van der Waals surface area contributed by atoms with Crippen molar-refractivity contribution in [3.8, 4) is 18.1 Å². The van der Waals surface area contributed by atoms with Crippen molar-refractivity contribution in [2.24, 2.45) is 16.7 Å². The molecule has 1 unspecified atom stereocenters. The molecule has 3 saturated heterocycles. The van der Waals surface area contributed by atoms with E-state index in [4.69, 9.17) is 22.8 Å². The first kappa shape index (κ1) is 39.5. The second-order valence-corrected chi connectivity index (χ2v) is 17.8. The molecule has 5 heterocycles. The average Bonchev–Trinajstić information content (AvgIpc) is 3.54. The van der Waals surface area contributed by atoms with Crippen LogP contribution in [0.1, 0.15) is 75.3 Å². The van der Waals surface area contributed by atoms with Crippen LogP contribution in [0, 0.1) is 29.1 Å². The minimum atomic E-state index is -0.788. The lowest BCUT2D eigenvalue weighted by Gasteiger charge is -2.63. The molecular formula is C44H51ClN8O5. The molecule has 0 radical (unpaired) electrons. The molecule has 3 amide bonds. The Morgan fingerprint density at radius 1 is 0.914 bits per heavy atom. The summed E-state index contributed by atoms with van der Waals surface area (Å²) in [7, 11) is 0. The lowest BCUT2D eigenvalue weighted by molar-refractivity contribution is -0.164. The van der Waals surface area contributed by atoms with Gasteiger partial charge in [0.2, 0.25) is 5.91 Å². The van der Waals surface area contributed by atoms with E-state index in [0.29, 0.717) is 33.5 Å². The van der Waals surface area contributed by atoms with Gasteiger partial charge in [0.05, 0.1) is 10.7 Å². The van der Waals surface area contributed by atoms with E-state index >= 15 is 0 Å². The predicted octanol–water partition coefficient (Wildman–Crippen LogP) is 4.76. The number of rotatable bonds is 9. The Bertz CT molecular complexity index is 2310. The normalized spacial score (nSPS) is 23.6. The quantitative estimate of drug-likeness (QED) is 0.182. The van der Waals surface area contributed by atoms with Gasteiger partial charge in [-0.25, -0.2) is 9.20 Å². The molecule has 4 aromatic rings. The number of fused-ring (bicyclic) bond motifs is 1. The predicted molar refractivity (Wildman–Crippen MR) is 224 cm³/mol. The van der Waals surface area contributed by atoms with Crippen LogP contribution in [0.3, 0.4) is 0 Å². The molecule has 0 bridgehead atoms. The summed E-state index contributed by atoms with van der Waals surface area (Å²) in [6, 6.07) is 16.3. The van der Waals surface area contributed by atoms with Crippen molar-refractivity contribution in [1.29, 1.82) is 0 Å². The molecule has 4 aliphatic rings. The number of piperidine rings is 2. The summed E-state index contributed by atoms with van der Waals surface area (Å²) in [5.41, 5.74) is 2.79. The van der Waals surface area contributed by atoms with E-state index in [1.807, 2.05) is 30.3 Å². The summed E-state index contributed by atoms with van der Waals surface area (Å²) >= 11 is 6.33. The number of imide groups is 1. The number of halogens is 1. The van der Waals surface area contributed by atoms with Crippen LogP contribution in [-0.2, 0) is 9.59 Å². The Hall–Kier alpha value is -5.32. The molecule has 58 heavy (non-hydrogen) atoms. The van der Waals surface area contributed by atoms with Gasteiger partial charge in [0, 0.05) is 98.2 Å². The lowest BCUT2D eigenvalue weighted by Crippen LogP contribution is -2.74. The molecule has 14 heteroatoms. The van der Waals surface area contributed by atoms with Gasteiger partial charge in [-0.3, -0.25) is 24.6 Å². The number of aromatic nitrogens is 3. The minimum absolute atomic E-state index is 0.0910. The molecule has 1 saturated carbocycles. The zero-order valence-corrected chi connectivity index (χ0v) is 34.3. The van der Waals surface area contributed by atoms with Gasteiger partial charge in [0.15, 0.2) is 5.65 Å². The maximum absolute atomic E-state index is 13.5. The van der Waals surface area contributed by atoms with Crippen molar-refractivity contribution < 1.29 is 19.1 Å². The lowest BCUT2D eigenvalue weighted by atomic mass is 9.49. The van der Waals surface area contributed by atoms with E-state index in [1.165, 1.54) is 9.08 Å². The van der Waals surface area contributed by atoms with Crippen LogP contribution in [0.15, 0.2) is 65.6 Å². The molecular weight excluding hydrogens is 756 g/mol. The number of amides is 3. The van der Waals surface area contributed by atoms with Gasteiger partial charge in [-0.2, -0.15) is 4.68 Å². The summed E-state index contributed by atoms with van der Waals surface area (Å²) in [4.78, 5) is 58.0. The van der Waals surface area contributed by atoms with Crippen LogP contribution >= 0.6 is 11.6 Å². The first-order valence-corrected chi connectivity index (χ1v) is 20.6. The molecule has 0 spiro atoms. The Labute approximate surface area is 343 Å². The molecule has 8 rings (SSSR count). The number of nitrogens with one attached hydrogen (secondary N) is 2. The zero-order chi connectivity index (χ0) is 40.9. The minimum Gasteiger partial charge on any atom is -0.489 e. The van der Waals surface area contributed by atoms with E-state index in [-0.39, 0.29) is 53.3 Å². The van der Waals surface area contributed by atoms with Crippen molar-refractivity contribution in [1.82, 2.24) is 29.7 Å². The van der Waals surface area contributed by atoms with Crippen molar-refractivity contribution >= 4 is 46.3 Å². The number of ether oxygens (including phenoxy) is 1. The van der Waals surface area contributed by atoms with Crippen LogP contribution < -0.4 is 30.9 Å². The van der Waals surface area contributed by atoms with Crippen LogP contribution in [0.4, 0.5) is 11.4 Å². The van der Waals surface area contributed by atoms with Crippen molar-refractivity contribution in [3.05, 3.63) is 87.4 Å². The average molecular weight is 807 g/mol.